The van der Waals surface area contributed by atoms with E-state index in [1.54, 1.807) is 11.3 Å². The zero-order valence-electron chi connectivity index (χ0n) is 11.8. The molecule has 3 aromatic rings. The van der Waals surface area contributed by atoms with Gasteiger partial charge in [-0.1, -0.05) is 47.1 Å². The number of nitrogens with zero attached hydrogens (tertiary/aromatic N) is 1. The molecule has 0 amide bonds. The Balaban J connectivity index is 1.71. The predicted molar refractivity (Wildman–Crippen MR) is 93.6 cm³/mol. The molecule has 0 aliphatic rings. The Bertz CT molecular complexity index is 688. The largest absolute Gasteiger partial charge is 0.304 e. The molecule has 2 nitrogen and oxygen atoms in total. The molecular formula is C17H17BrN2S. The van der Waals surface area contributed by atoms with E-state index in [1.165, 1.54) is 10.3 Å². The molecule has 0 saturated carbocycles. The van der Waals surface area contributed by atoms with Gasteiger partial charge in [0.15, 0.2) is 0 Å². The van der Waals surface area contributed by atoms with Gasteiger partial charge in [0.2, 0.25) is 0 Å². The van der Waals surface area contributed by atoms with Crippen molar-refractivity contribution in [1.82, 2.24) is 10.3 Å². The number of para-hydroxylation sites is 1. The highest BCUT2D eigenvalue weighted by Gasteiger charge is 2.10. The van der Waals surface area contributed by atoms with Crippen molar-refractivity contribution in [3.05, 3.63) is 63.6 Å². The van der Waals surface area contributed by atoms with Crippen molar-refractivity contribution < 1.29 is 0 Å². The molecule has 2 aromatic carbocycles. The SMILES string of the molecule is CCC(NCc1nc2ccccc2s1)c1ccc(Br)cc1. The van der Waals surface area contributed by atoms with Gasteiger partial charge in [0, 0.05) is 17.1 Å². The van der Waals surface area contributed by atoms with Gasteiger partial charge in [-0.25, -0.2) is 4.98 Å². The quantitative estimate of drug-likeness (QED) is 0.667. The monoisotopic (exact) mass is 360 g/mol. The number of hydrogen-bond acceptors (Lipinski definition) is 3. The molecule has 108 valence electrons. The average Bonchev–Trinajstić information content (AvgIpc) is 2.92. The van der Waals surface area contributed by atoms with Crippen molar-refractivity contribution in [1.29, 1.82) is 0 Å². The first-order valence-electron chi connectivity index (χ1n) is 7.09. The third kappa shape index (κ3) is 3.51. The number of fused-ring (bicyclic) bond motifs is 1. The van der Waals surface area contributed by atoms with Crippen molar-refractivity contribution in [2.75, 3.05) is 0 Å². The van der Waals surface area contributed by atoms with E-state index in [2.05, 4.69) is 75.6 Å². The van der Waals surface area contributed by atoms with Gasteiger partial charge in [0.1, 0.15) is 5.01 Å². The molecule has 1 N–H and O–H groups in total. The summed E-state index contributed by atoms with van der Waals surface area (Å²) in [6.45, 7) is 3.02. The minimum atomic E-state index is 0.366. The summed E-state index contributed by atoms with van der Waals surface area (Å²) in [6.07, 6.45) is 1.06. The number of rotatable bonds is 5. The molecule has 0 fully saturated rings. The maximum atomic E-state index is 4.68. The zero-order chi connectivity index (χ0) is 14.7. The van der Waals surface area contributed by atoms with E-state index in [4.69, 9.17) is 0 Å². The van der Waals surface area contributed by atoms with Crippen LogP contribution in [0.15, 0.2) is 53.0 Å². The van der Waals surface area contributed by atoms with Crippen LogP contribution in [0.5, 0.6) is 0 Å². The Morgan fingerprint density at radius 1 is 1.14 bits per heavy atom. The van der Waals surface area contributed by atoms with Gasteiger partial charge in [0.25, 0.3) is 0 Å². The highest BCUT2D eigenvalue weighted by molar-refractivity contribution is 9.10. The van der Waals surface area contributed by atoms with E-state index < -0.39 is 0 Å². The molecule has 4 heteroatoms. The Morgan fingerprint density at radius 2 is 1.90 bits per heavy atom. The van der Waals surface area contributed by atoms with Gasteiger partial charge in [0.05, 0.1) is 10.2 Å². The smallest absolute Gasteiger partial charge is 0.108 e. The second-order valence-corrected chi connectivity index (χ2v) is 7.00. The van der Waals surface area contributed by atoms with Gasteiger partial charge < -0.3 is 5.32 Å². The highest BCUT2D eigenvalue weighted by Crippen LogP contribution is 2.23. The molecule has 0 saturated heterocycles. The topological polar surface area (TPSA) is 24.9 Å². The van der Waals surface area contributed by atoms with E-state index in [0.717, 1.165) is 28.0 Å². The van der Waals surface area contributed by atoms with Crippen LogP contribution in [-0.4, -0.2) is 4.98 Å². The number of hydrogen-bond donors (Lipinski definition) is 1. The van der Waals surface area contributed by atoms with Crippen molar-refractivity contribution in [3.8, 4) is 0 Å². The summed E-state index contributed by atoms with van der Waals surface area (Å²) in [7, 11) is 0. The molecule has 1 aromatic heterocycles. The molecule has 3 rings (SSSR count). The third-order valence-corrected chi connectivity index (χ3v) is 5.08. The molecule has 0 spiro atoms. The minimum Gasteiger partial charge on any atom is -0.304 e. The first kappa shape index (κ1) is 14.7. The summed E-state index contributed by atoms with van der Waals surface area (Å²) in [6, 6.07) is 17.2. The van der Waals surface area contributed by atoms with Crippen LogP contribution in [0.3, 0.4) is 0 Å². The van der Waals surface area contributed by atoms with Crippen molar-refractivity contribution in [2.24, 2.45) is 0 Å². The Kier molecular flexibility index (Phi) is 4.68. The van der Waals surface area contributed by atoms with Crippen LogP contribution >= 0.6 is 27.3 Å². The van der Waals surface area contributed by atoms with E-state index in [0.29, 0.717) is 6.04 Å². The average molecular weight is 361 g/mol. The summed E-state index contributed by atoms with van der Waals surface area (Å²) in [5.41, 5.74) is 2.41. The lowest BCUT2D eigenvalue weighted by Crippen LogP contribution is -2.20. The minimum absolute atomic E-state index is 0.366. The van der Waals surface area contributed by atoms with Gasteiger partial charge >= 0.3 is 0 Å². The highest BCUT2D eigenvalue weighted by atomic mass is 79.9. The molecule has 0 radical (unpaired) electrons. The fourth-order valence-electron chi connectivity index (χ4n) is 2.40. The lowest BCUT2D eigenvalue weighted by Gasteiger charge is -2.16. The lowest BCUT2D eigenvalue weighted by molar-refractivity contribution is 0.518. The van der Waals surface area contributed by atoms with Gasteiger partial charge in [-0.15, -0.1) is 11.3 Å². The molecule has 0 bridgehead atoms. The summed E-state index contributed by atoms with van der Waals surface area (Å²) >= 11 is 5.25. The second kappa shape index (κ2) is 6.69. The summed E-state index contributed by atoms with van der Waals surface area (Å²) < 4.78 is 2.37. The summed E-state index contributed by atoms with van der Waals surface area (Å²) in [5.74, 6) is 0. The van der Waals surface area contributed by atoms with E-state index in [-0.39, 0.29) is 0 Å². The fourth-order valence-corrected chi connectivity index (χ4v) is 3.58. The molecule has 0 aliphatic heterocycles. The standard InChI is InChI=1S/C17H17BrN2S/c1-2-14(12-7-9-13(18)10-8-12)19-11-17-20-15-5-3-4-6-16(15)21-17/h3-10,14,19H,2,11H2,1H3. The van der Waals surface area contributed by atoms with Crippen molar-refractivity contribution >= 4 is 37.5 Å². The summed E-state index contributed by atoms with van der Waals surface area (Å²) in [4.78, 5) is 4.68. The molecule has 1 heterocycles. The van der Waals surface area contributed by atoms with Crippen molar-refractivity contribution in [2.45, 2.75) is 25.9 Å². The maximum Gasteiger partial charge on any atom is 0.108 e. The Morgan fingerprint density at radius 3 is 2.62 bits per heavy atom. The van der Waals surface area contributed by atoms with E-state index >= 15 is 0 Å². The van der Waals surface area contributed by atoms with E-state index in [1.807, 2.05) is 6.07 Å². The zero-order valence-corrected chi connectivity index (χ0v) is 14.2. The molecule has 0 aliphatic carbocycles. The Labute approximate surface area is 137 Å². The van der Waals surface area contributed by atoms with Gasteiger partial charge in [-0.2, -0.15) is 0 Å². The van der Waals surface area contributed by atoms with E-state index in [9.17, 15) is 0 Å². The second-order valence-electron chi connectivity index (χ2n) is 4.97. The lowest BCUT2D eigenvalue weighted by atomic mass is 10.1. The number of aromatic nitrogens is 1. The molecule has 1 atom stereocenters. The van der Waals surface area contributed by atoms with Crippen LogP contribution in [0.4, 0.5) is 0 Å². The predicted octanol–water partition coefficient (Wildman–Crippen LogP) is 5.30. The maximum absolute atomic E-state index is 4.68. The fraction of sp³-hybridized carbons (Fsp3) is 0.235. The first-order chi connectivity index (χ1) is 10.3. The third-order valence-electron chi connectivity index (χ3n) is 3.52. The first-order valence-corrected chi connectivity index (χ1v) is 8.70. The van der Waals surface area contributed by atoms with Crippen LogP contribution < -0.4 is 5.32 Å². The van der Waals surface area contributed by atoms with Crippen LogP contribution in [0.1, 0.15) is 30.0 Å². The molecule has 21 heavy (non-hydrogen) atoms. The Hall–Kier alpha value is -1.23. The van der Waals surface area contributed by atoms with Crippen LogP contribution in [0.25, 0.3) is 10.2 Å². The van der Waals surface area contributed by atoms with Crippen molar-refractivity contribution in [3.63, 3.8) is 0 Å². The number of halogens is 1. The number of thiazole rings is 1. The number of benzene rings is 2. The normalized spacial score (nSPS) is 12.7. The van der Waals surface area contributed by atoms with Crippen LogP contribution in [0.2, 0.25) is 0 Å². The summed E-state index contributed by atoms with van der Waals surface area (Å²) in [5, 5.41) is 4.76. The number of nitrogens with one attached hydrogen (secondary N) is 1. The molecular weight excluding hydrogens is 344 g/mol. The molecule has 1 unspecified atom stereocenters. The van der Waals surface area contributed by atoms with Crippen LogP contribution in [-0.2, 0) is 6.54 Å². The van der Waals surface area contributed by atoms with Gasteiger partial charge in [-0.3, -0.25) is 0 Å². The van der Waals surface area contributed by atoms with Crippen LogP contribution in [0, 0.1) is 0 Å². The van der Waals surface area contributed by atoms with Gasteiger partial charge in [-0.05, 0) is 36.2 Å².